The van der Waals surface area contributed by atoms with E-state index in [-0.39, 0.29) is 5.70 Å². The molecule has 0 bridgehead atoms. The van der Waals surface area contributed by atoms with Crippen LogP contribution in [-0.2, 0) is 4.79 Å². The van der Waals surface area contributed by atoms with E-state index in [0.717, 1.165) is 41.4 Å². The molecule has 0 atom stereocenters. The van der Waals surface area contributed by atoms with E-state index in [9.17, 15) is 9.59 Å². The molecule has 2 aliphatic rings. The molecule has 31 heavy (non-hydrogen) atoms. The zero-order valence-corrected chi connectivity index (χ0v) is 17.6. The molecule has 3 aromatic rings. The molecule has 2 fully saturated rings. The van der Waals surface area contributed by atoms with Gasteiger partial charge in [-0.25, -0.2) is 9.78 Å². The van der Waals surface area contributed by atoms with Gasteiger partial charge >= 0.3 is 6.03 Å². The molecule has 2 aromatic heterocycles. The normalized spacial score (nSPS) is 17.1. The SMILES string of the molecule is CCSNc1cccc(-c2cc(NC3CC3)n3ncc(/C=C4\NC(=O)NC4=O)c3n2)c1. The Hall–Kier alpha value is -3.53. The van der Waals surface area contributed by atoms with Gasteiger partial charge in [-0.2, -0.15) is 9.61 Å². The molecule has 4 N–H and O–H groups in total. The average molecular weight is 436 g/mol. The number of rotatable bonds is 7. The van der Waals surface area contributed by atoms with Crippen molar-refractivity contribution in [2.24, 2.45) is 0 Å². The Morgan fingerprint density at radius 3 is 2.87 bits per heavy atom. The monoisotopic (exact) mass is 435 g/mol. The third-order valence-corrected chi connectivity index (χ3v) is 5.61. The number of nitrogens with zero attached hydrogens (tertiary/aromatic N) is 3. The maximum atomic E-state index is 11.9. The molecular weight excluding hydrogens is 414 g/mol. The summed E-state index contributed by atoms with van der Waals surface area (Å²) in [6, 6.07) is 9.97. The van der Waals surface area contributed by atoms with Crippen molar-refractivity contribution in [1.82, 2.24) is 25.2 Å². The molecule has 158 valence electrons. The Morgan fingerprint density at radius 2 is 2.13 bits per heavy atom. The minimum absolute atomic E-state index is 0.173. The average Bonchev–Trinajstić information content (AvgIpc) is 3.40. The van der Waals surface area contributed by atoms with Crippen LogP contribution >= 0.6 is 11.9 Å². The third kappa shape index (κ3) is 4.06. The number of aromatic nitrogens is 3. The van der Waals surface area contributed by atoms with E-state index in [0.29, 0.717) is 17.3 Å². The summed E-state index contributed by atoms with van der Waals surface area (Å²) in [5, 5.41) is 12.7. The molecule has 5 rings (SSSR count). The summed E-state index contributed by atoms with van der Waals surface area (Å²) in [5.74, 6) is 1.33. The van der Waals surface area contributed by atoms with Crippen LogP contribution in [-0.4, -0.2) is 38.3 Å². The summed E-state index contributed by atoms with van der Waals surface area (Å²) >= 11 is 1.63. The highest BCUT2D eigenvalue weighted by atomic mass is 32.2. The maximum absolute atomic E-state index is 11.9. The molecule has 1 aromatic carbocycles. The minimum atomic E-state index is -0.535. The van der Waals surface area contributed by atoms with Crippen LogP contribution in [0.2, 0.25) is 0 Å². The van der Waals surface area contributed by atoms with Gasteiger partial charge < -0.3 is 15.4 Å². The van der Waals surface area contributed by atoms with E-state index in [1.54, 1.807) is 28.7 Å². The second-order valence-corrected chi connectivity index (χ2v) is 8.43. The van der Waals surface area contributed by atoms with Crippen LogP contribution in [0.1, 0.15) is 25.3 Å². The number of carbonyl (C=O) groups is 2. The zero-order valence-electron chi connectivity index (χ0n) is 16.8. The highest BCUT2D eigenvalue weighted by molar-refractivity contribution is 8.00. The van der Waals surface area contributed by atoms with Crippen LogP contribution in [0.4, 0.5) is 16.3 Å². The van der Waals surface area contributed by atoms with Crippen LogP contribution in [0, 0.1) is 0 Å². The number of imide groups is 1. The largest absolute Gasteiger partial charge is 0.367 e. The Labute approximate surface area is 182 Å². The van der Waals surface area contributed by atoms with Gasteiger partial charge in [0.1, 0.15) is 11.5 Å². The fourth-order valence-electron chi connectivity index (χ4n) is 3.30. The van der Waals surface area contributed by atoms with Crippen molar-refractivity contribution < 1.29 is 9.59 Å². The number of fused-ring (bicyclic) bond motifs is 1. The van der Waals surface area contributed by atoms with Gasteiger partial charge in [0.25, 0.3) is 5.91 Å². The summed E-state index contributed by atoms with van der Waals surface area (Å²) in [7, 11) is 0. The molecule has 3 amide bonds. The highest BCUT2D eigenvalue weighted by Gasteiger charge is 2.25. The Bertz CT molecular complexity index is 1220. The van der Waals surface area contributed by atoms with E-state index < -0.39 is 11.9 Å². The topological polar surface area (TPSA) is 112 Å². The first-order valence-electron chi connectivity index (χ1n) is 10.1. The van der Waals surface area contributed by atoms with Gasteiger partial charge in [0.15, 0.2) is 5.65 Å². The molecule has 9 nitrogen and oxygen atoms in total. The van der Waals surface area contributed by atoms with Crippen LogP contribution in [0.15, 0.2) is 42.2 Å². The second-order valence-electron chi connectivity index (χ2n) is 7.36. The molecule has 3 heterocycles. The summed E-state index contributed by atoms with van der Waals surface area (Å²) in [4.78, 5) is 28.2. The van der Waals surface area contributed by atoms with E-state index in [1.165, 1.54) is 0 Å². The van der Waals surface area contributed by atoms with Crippen molar-refractivity contribution in [3.8, 4) is 11.3 Å². The quantitative estimate of drug-likeness (QED) is 0.256. The Morgan fingerprint density at radius 1 is 1.26 bits per heavy atom. The van der Waals surface area contributed by atoms with E-state index in [4.69, 9.17) is 4.98 Å². The molecule has 1 saturated carbocycles. The van der Waals surface area contributed by atoms with Crippen LogP contribution in [0.25, 0.3) is 23.0 Å². The van der Waals surface area contributed by atoms with Crippen molar-refractivity contribution in [2.75, 3.05) is 15.8 Å². The molecular formula is C21H21N7O2S. The fourth-order valence-corrected chi connectivity index (χ4v) is 3.74. The lowest BCUT2D eigenvalue weighted by Gasteiger charge is -2.11. The first-order chi connectivity index (χ1) is 15.1. The maximum Gasteiger partial charge on any atom is 0.326 e. The van der Waals surface area contributed by atoms with Gasteiger partial charge in [0.2, 0.25) is 0 Å². The first-order valence-corrected chi connectivity index (χ1v) is 11.1. The molecule has 1 saturated heterocycles. The van der Waals surface area contributed by atoms with E-state index >= 15 is 0 Å². The predicted octanol–water partition coefficient (Wildman–Crippen LogP) is 3.23. The minimum Gasteiger partial charge on any atom is -0.367 e. The fraction of sp³-hybridized carbons (Fsp3) is 0.238. The summed E-state index contributed by atoms with van der Waals surface area (Å²) in [6.07, 6.45) is 5.48. The molecule has 0 spiro atoms. The van der Waals surface area contributed by atoms with E-state index in [2.05, 4.69) is 38.8 Å². The lowest BCUT2D eigenvalue weighted by atomic mass is 10.1. The number of nitrogens with one attached hydrogen (secondary N) is 4. The smallest absolute Gasteiger partial charge is 0.326 e. The number of hydrogen-bond acceptors (Lipinski definition) is 7. The molecule has 1 aliphatic carbocycles. The van der Waals surface area contributed by atoms with Crippen molar-refractivity contribution in [3.63, 3.8) is 0 Å². The van der Waals surface area contributed by atoms with Gasteiger partial charge in [-0.05, 0) is 31.1 Å². The number of urea groups is 1. The Kier molecular flexibility index (Phi) is 4.99. The lowest BCUT2D eigenvalue weighted by Crippen LogP contribution is -2.22. The molecule has 0 unspecified atom stereocenters. The molecule has 10 heteroatoms. The van der Waals surface area contributed by atoms with Crippen molar-refractivity contribution >= 4 is 47.1 Å². The number of hydrogen-bond donors (Lipinski definition) is 4. The van der Waals surface area contributed by atoms with Gasteiger partial charge in [-0.15, -0.1) is 0 Å². The van der Waals surface area contributed by atoms with E-state index in [1.807, 2.05) is 24.3 Å². The van der Waals surface area contributed by atoms with Crippen molar-refractivity contribution in [3.05, 3.63) is 47.8 Å². The van der Waals surface area contributed by atoms with Gasteiger partial charge in [-0.1, -0.05) is 31.0 Å². The highest BCUT2D eigenvalue weighted by Crippen LogP contribution is 2.30. The summed E-state index contributed by atoms with van der Waals surface area (Å²) in [6.45, 7) is 2.09. The molecule has 1 aliphatic heterocycles. The number of amides is 3. The van der Waals surface area contributed by atoms with Gasteiger partial charge in [0.05, 0.1) is 11.9 Å². The zero-order chi connectivity index (χ0) is 21.4. The second kappa shape index (κ2) is 7.95. The predicted molar refractivity (Wildman–Crippen MR) is 121 cm³/mol. The summed E-state index contributed by atoms with van der Waals surface area (Å²) in [5.41, 5.74) is 4.18. The van der Waals surface area contributed by atoms with Gasteiger partial charge in [-0.3, -0.25) is 10.1 Å². The van der Waals surface area contributed by atoms with Crippen LogP contribution in [0.5, 0.6) is 0 Å². The van der Waals surface area contributed by atoms with Crippen molar-refractivity contribution in [1.29, 1.82) is 0 Å². The summed E-state index contributed by atoms with van der Waals surface area (Å²) < 4.78 is 5.06. The number of carbonyl (C=O) groups excluding carboxylic acids is 2. The number of anilines is 2. The lowest BCUT2D eigenvalue weighted by molar-refractivity contribution is -0.115. The Balaban J connectivity index is 1.60. The van der Waals surface area contributed by atoms with Crippen molar-refractivity contribution in [2.45, 2.75) is 25.8 Å². The number of benzene rings is 1. The van der Waals surface area contributed by atoms with Gasteiger partial charge in [0, 0.05) is 34.7 Å². The first kappa shape index (κ1) is 19.4. The van der Waals surface area contributed by atoms with Crippen LogP contribution in [0.3, 0.4) is 0 Å². The van der Waals surface area contributed by atoms with Crippen LogP contribution < -0.4 is 20.7 Å². The standard InChI is InChI=1S/C21H21N7O2S/c1-2-31-27-15-5-3-4-12(8-15)16-10-18(23-14-6-7-14)28-19(24-16)13(11-22-28)9-17-20(29)26-21(30)25-17/h3-5,8-11,14,23,27H,2,6-7H2,1H3,(H2,25,26,29,30)/b17-9-. The molecule has 0 radical (unpaired) electrons. The third-order valence-electron chi connectivity index (χ3n) is 4.94.